The number of amides is 1. The molecule has 0 unspecified atom stereocenters. The van der Waals surface area contributed by atoms with E-state index in [9.17, 15) is 14.4 Å². The molecule has 1 amide bonds. The van der Waals surface area contributed by atoms with Crippen LogP contribution in [0.25, 0.3) is 6.08 Å². The summed E-state index contributed by atoms with van der Waals surface area (Å²) in [4.78, 5) is 36.2. The van der Waals surface area contributed by atoms with Crippen LogP contribution in [0.1, 0.15) is 27.0 Å². The zero-order valence-corrected chi connectivity index (χ0v) is 16.6. The van der Waals surface area contributed by atoms with Crippen LogP contribution >= 0.6 is 11.3 Å². The Morgan fingerprint density at radius 3 is 2.50 bits per heavy atom. The number of methoxy groups -OCH3 is 2. The largest absolute Gasteiger partial charge is 0.493 e. The molecule has 1 N–H and O–H groups in total. The summed E-state index contributed by atoms with van der Waals surface area (Å²) >= 11 is 1.25. The second kappa shape index (κ2) is 10.3. The highest BCUT2D eigenvalue weighted by molar-refractivity contribution is 7.14. The average molecular weight is 403 g/mol. The van der Waals surface area contributed by atoms with Gasteiger partial charge in [-0.3, -0.25) is 9.59 Å². The number of thiophene rings is 1. The second-order valence-electron chi connectivity index (χ2n) is 5.65. The van der Waals surface area contributed by atoms with Gasteiger partial charge in [0.15, 0.2) is 18.1 Å². The highest BCUT2D eigenvalue weighted by atomic mass is 32.1. The first-order valence-corrected chi connectivity index (χ1v) is 9.17. The number of Topliss-reactive ketones (excluding diaryl/α,β-unsaturated/α-hetero) is 1. The highest BCUT2D eigenvalue weighted by Gasteiger charge is 2.12. The molecule has 0 bridgehead atoms. The number of rotatable bonds is 9. The number of benzene rings is 1. The summed E-state index contributed by atoms with van der Waals surface area (Å²) in [5, 5.41) is 2.66. The van der Waals surface area contributed by atoms with E-state index in [0.29, 0.717) is 22.9 Å². The number of hydrogen-bond donors (Lipinski definition) is 1. The molecule has 2 rings (SSSR count). The van der Waals surface area contributed by atoms with E-state index in [0.717, 1.165) is 10.4 Å². The predicted octanol–water partition coefficient (Wildman–Crippen LogP) is 2.84. The van der Waals surface area contributed by atoms with Gasteiger partial charge in [0.1, 0.15) is 0 Å². The molecule has 1 aromatic heterocycles. The summed E-state index contributed by atoms with van der Waals surface area (Å²) < 4.78 is 15.4. The fourth-order valence-corrected chi connectivity index (χ4v) is 3.08. The lowest BCUT2D eigenvalue weighted by Crippen LogP contribution is -2.18. The number of ketones is 1. The zero-order valence-electron chi connectivity index (χ0n) is 15.8. The smallest absolute Gasteiger partial charge is 0.331 e. The number of ether oxygens (including phenoxy) is 3. The van der Waals surface area contributed by atoms with Gasteiger partial charge in [-0.05, 0) is 35.9 Å². The van der Waals surface area contributed by atoms with Gasteiger partial charge in [-0.1, -0.05) is 6.07 Å². The molecular weight excluding hydrogens is 382 g/mol. The predicted molar refractivity (Wildman–Crippen MR) is 106 cm³/mol. The minimum atomic E-state index is -0.627. The Bertz CT molecular complexity index is 887. The molecule has 0 aliphatic rings. The average Bonchev–Trinajstić information content (AvgIpc) is 3.17. The monoisotopic (exact) mass is 403 g/mol. The first-order valence-electron chi connectivity index (χ1n) is 8.36. The Kier molecular flexibility index (Phi) is 7.76. The van der Waals surface area contributed by atoms with Crippen LogP contribution in [0.15, 0.2) is 36.4 Å². The SMILES string of the molecule is COc1ccc(/C=C/C(=O)OCC(=O)c2ccc(CNC(C)=O)s2)cc1OC. The van der Waals surface area contributed by atoms with Crippen molar-refractivity contribution in [2.45, 2.75) is 13.5 Å². The van der Waals surface area contributed by atoms with E-state index in [1.165, 1.54) is 38.6 Å². The van der Waals surface area contributed by atoms with Crippen LogP contribution in [-0.2, 0) is 20.9 Å². The number of carbonyl (C=O) groups excluding carboxylic acids is 3. The first-order chi connectivity index (χ1) is 13.4. The van der Waals surface area contributed by atoms with Gasteiger partial charge in [-0.2, -0.15) is 0 Å². The minimum absolute atomic E-state index is 0.142. The van der Waals surface area contributed by atoms with Crippen LogP contribution in [0.5, 0.6) is 11.5 Å². The lowest BCUT2D eigenvalue weighted by Gasteiger charge is -2.07. The van der Waals surface area contributed by atoms with Crippen LogP contribution in [0.3, 0.4) is 0 Å². The maximum atomic E-state index is 12.1. The fourth-order valence-electron chi connectivity index (χ4n) is 2.21. The van der Waals surface area contributed by atoms with Crippen LogP contribution in [0.4, 0.5) is 0 Å². The molecule has 0 aliphatic carbocycles. The van der Waals surface area contributed by atoms with Gasteiger partial charge < -0.3 is 19.5 Å². The Hall–Kier alpha value is -3.13. The number of nitrogens with one attached hydrogen (secondary N) is 1. The lowest BCUT2D eigenvalue weighted by atomic mass is 10.2. The quantitative estimate of drug-likeness (QED) is 0.393. The topological polar surface area (TPSA) is 90.9 Å². The van der Waals surface area contributed by atoms with E-state index >= 15 is 0 Å². The van der Waals surface area contributed by atoms with Crippen molar-refractivity contribution in [3.05, 3.63) is 51.7 Å². The summed E-state index contributed by atoms with van der Waals surface area (Å²) in [6.07, 6.45) is 2.80. The molecular formula is C20H21NO6S. The van der Waals surface area contributed by atoms with E-state index in [1.54, 1.807) is 36.4 Å². The molecule has 28 heavy (non-hydrogen) atoms. The lowest BCUT2D eigenvalue weighted by molar-refractivity contribution is -0.136. The Balaban J connectivity index is 1.87. The molecule has 0 fully saturated rings. The summed E-state index contributed by atoms with van der Waals surface area (Å²) in [5.74, 6) is 0.0594. The van der Waals surface area contributed by atoms with Gasteiger partial charge in [-0.25, -0.2) is 4.79 Å². The van der Waals surface area contributed by atoms with Crippen molar-refractivity contribution >= 4 is 35.1 Å². The number of esters is 1. The van der Waals surface area contributed by atoms with E-state index in [-0.39, 0.29) is 18.3 Å². The summed E-state index contributed by atoms with van der Waals surface area (Å²) in [7, 11) is 3.07. The van der Waals surface area contributed by atoms with Gasteiger partial charge in [0.05, 0.1) is 25.6 Å². The third-order valence-corrected chi connectivity index (χ3v) is 4.74. The maximum Gasteiger partial charge on any atom is 0.331 e. The fraction of sp³-hybridized carbons (Fsp3) is 0.250. The van der Waals surface area contributed by atoms with Crippen molar-refractivity contribution in [1.82, 2.24) is 5.32 Å². The molecule has 8 heteroatoms. The number of hydrogen-bond acceptors (Lipinski definition) is 7. The van der Waals surface area contributed by atoms with Crippen molar-refractivity contribution in [3.8, 4) is 11.5 Å². The normalized spacial score (nSPS) is 10.5. The van der Waals surface area contributed by atoms with Crippen molar-refractivity contribution in [1.29, 1.82) is 0 Å². The molecule has 2 aromatic rings. The molecule has 0 saturated carbocycles. The molecule has 1 heterocycles. The molecule has 0 saturated heterocycles. The van der Waals surface area contributed by atoms with Crippen molar-refractivity contribution in [2.24, 2.45) is 0 Å². The summed E-state index contributed by atoms with van der Waals surface area (Å²) in [6, 6.07) is 8.61. The molecule has 0 aliphatic heterocycles. The van der Waals surface area contributed by atoms with Gasteiger partial charge >= 0.3 is 5.97 Å². The van der Waals surface area contributed by atoms with Crippen LogP contribution in [0.2, 0.25) is 0 Å². The molecule has 0 spiro atoms. The molecule has 0 atom stereocenters. The molecule has 148 valence electrons. The molecule has 7 nitrogen and oxygen atoms in total. The van der Waals surface area contributed by atoms with E-state index < -0.39 is 5.97 Å². The third-order valence-electron chi connectivity index (χ3n) is 3.61. The van der Waals surface area contributed by atoms with Gasteiger partial charge in [-0.15, -0.1) is 11.3 Å². The number of carbonyl (C=O) groups is 3. The van der Waals surface area contributed by atoms with Gasteiger partial charge in [0.2, 0.25) is 11.7 Å². The summed E-state index contributed by atoms with van der Waals surface area (Å²) in [5.41, 5.74) is 0.724. The Labute approximate surface area is 166 Å². The summed E-state index contributed by atoms with van der Waals surface area (Å²) in [6.45, 7) is 1.44. The molecule has 0 radical (unpaired) electrons. The maximum absolute atomic E-state index is 12.1. The van der Waals surface area contributed by atoms with E-state index in [4.69, 9.17) is 14.2 Å². The third kappa shape index (κ3) is 6.24. The standard InChI is InChI=1S/C20H21NO6S/c1-13(22)21-11-15-6-8-19(28-15)16(23)12-27-20(24)9-5-14-4-7-17(25-2)18(10-14)26-3/h4-10H,11-12H2,1-3H3,(H,21,22)/b9-5+. The minimum Gasteiger partial charge on any atom is -0.493 e. The van der Waals surface area contributed by atoms with Gasteiger partial charge in [0, 0.05) is 17.9 Å². The molecule has 1 aromatic carbocycles. The van der Waals surface area contributed by atoms with E-state index in [1.807, 2.05) is 0 Å². The Morgan fingerprint density at radius 2 is 1.82 bits per heavy atom. The van der Waals surface area contributed by atoms with Gasteiger partial charge in [0.25, 0.3) is 0 Å². The van der Waals surface area contributed by atoms with Crippen molar-refractivity contribution in [2.75, 3.05) is 20.8 Å². The first kappa shape index (κ1) is 21.2. The van der Waals surface area contributed by atoms with Crippen molar-refractivity contribution in [3.63, 3.8) is 0 Å². The van der Waals surface area contributed by atoms with Crippen LogP contribution < -0.4 is 14.8 Å². The van der Waals surface area contributed by atoms with Crippen LogP contribution in [-0.4, -0.2) is 38.5 Å². The Morgan fingerprint density at radius 1 is 1.07 bits per heavy atom. The van der Waals surface area contributed by atoms with E-state index in [2.05, 4.69) is 5.32 Å². The van der Waals surface area contributed by atoms with Crippen LogP contribution in [0, 0.1) is 0 Å². The zero-order chi connectivity index (χ0) is 20.5. The highest BCUT2D eigenvalue weighted by Crippen LogP contribution is 2.28. The second-order valence-corrected chi connectivity index (χ2v) is 6.82. The van der Waals surface area contributed by atoms with Crippen molar-refractivity contribution < 1.29 is 28.6 Å².